The van der Waals surface area contributed by atoms with E-state index in [1.165, 1.54) is 28.0 Å². The van der Waals surface area contributed by atoms with E-state index in [1.54, 1.807) is 0 Å². The zero-order valence-electron chi connectivity index (χ0n) is 15.9. The molecule has 0 radical (unpaired) electrons. The molecule has 1 aliphatic heterocycles. The summed E-state index contributed by atoms with van der Waals surface area (Å²) >= 11 is 2.81. The first kappa shape index (κ1) is 22.1. The lowest BCUT2D eigenvalue weighted by molar-refractivity contribution is -0.129. The quantitative estimate of drug-likeness (QED) is 0.408. The average molecular weight is 488 g/mol. The van der Waals surface area contributed by atoms with Gasteiger partial charge in [-0.2, -0.15) is 4.31 Å². The van der Waals surface area contributed by atoms with Gasteiger partial charge in [0.15, 0.2) is 21.8 Å². The minimum Gasteiger partial charge on any atom is -0.339 e. The lowest BCUT2D eigenvalue weighted by Gasteiger charge is -2.34. The number of halogens is 3. The Morgan fingerprint density at radius 1 is 1.03 bits per heavy atom. The van der Waals surface area contributed by atoms with Crippen LogP contribution in [-0.4, -0.2) is 60.4 Å². The number of hydrogen-bond acceptors (Lipinski definition) is 6. The van der Waals surface area contributed by atoms with Crippen molar-refractivity contribution >= 4 is 49.2 Å². The monoisotopic (exact) mass is 487 g/mol. The molecule has 1 saturated heterocycles. The number of rotatable bonds is 5. The molecule has 4 rings (SSSR count). The van der Waals surface area contributed by atoms with Crippen LogP contribution in [0.3, 0.4) is 0 Å². The van der Waals surface area contributed by atoms with Crippen molar-refractivity contribution in [2.24, 2.45) is 0 Å². The number of piperazine rings is 1. The highest BCUT2D eigenvalue weighted by atomic mass is 32.2. The zero-order valence-corrected chi connectivity index (χ0v) is 18.4. The normalized spacial score (nSPS) is 15.5. The van der Waals surface area contributed by atoms with Gasteiger partial charge in [-0.1, -0.05) is 23.9 Å². The van der Waals surface area contributed by atoms with Gasteiger partial charge in [0.05, 0.1) is 16.0 Å². The van der Waals surface area contributed by atoms with Gasteiger partial charge in [-0.3, -0.25) is 4.79 Å². The number of hydrogen-bond donors (Lipinski definition) is 0. The minimum atomic E-state index is -4.35. The third kappa shape index (κ3) is 4.43. The van der Waals surface area contributed by atoms with Gasteiger partial charge in [0.25, 0.3) is 0 Å². The van der Waals surface area contributed by atoms with Crippen LogP contribution in [-0.2, 0) is 14.8 Å². The van der Waals surface area contributed by atoms with Crippen molar-refractivity contribution in [3.63, 3.8) is 0 Å². The summed E-state index contributed by atoms with van der Waals surface area (Å²) in [5.41, 5.74) is 0.866. The summed E-state index contributed by atoms with van der Waals surface area (Å²) < 4.78 is 68.5. The first-order valence-corrected chi connectivity index (χ1v) is 12.4. The molecule has 0 unspecified atom stereocenters. The lowest BCUT2D eigenvalue weighted by atomic mass is 10.3. The van der Waals surface area contributed by atoms with Gasteiger partial charge in [0, 0.05) is 26.2 Å². The van der Waals surface area contributed by atoms with Crippen LogP contribution in [0.2, 0.25) is 0 Å². The molecule has 3 aromatic rings. The summed E-state index contributed by atoms with van der Waals surface area (Å²) in [6.07, 6.45) is 0. The average Bonchev–Trinajstić information content (AvgIpc) is 3.19. The SMILES string of the molecule is O=C(CSc1nc2ccccc2s1)N1CCN(S(=O)(=O)c2ccc(F)c(F)c2F)CC1. The molecule has 31 heavy (non-hydrogen) atoms. The number of nitrogens with zero attached hydrogens (tertiary/aromatic N) is 3. The van der Waals surface area contributed by atoms with E-state index >= 15 is 0 Å². The van der Waals surface area contributed by atoms with E-state index in [1.807, 2.05) is 24.3 Å². The molecule has 0 aliphatic carbocycles. The van der Waals surface area contributed by atoms with E-state index in [0.717, 1.165) is 18.9 Å². The van der Waals surface area contributed by atoms with Gasteiger partial charge in [0.2, 0.25) is 15.9 Å². The molecule has 2 aromatic carbocycles. The van der Waals surface area contributed by atoms with Gasteiger partial charge < -0.3 is 4.90 Å². The number of carbonyl (C=O) groups excluding carboxylic acids is 1. The maximum atomic E-state index is 14.0. The van der Waals surface area contributed by atoms with Gasteiger partial charge in [-0.05, 0) is 24.3 Å². The fourth-order valence-electron chi connectivity index (χ4n) is 3.15. The second-order valence-electron chi connectivity index (χ2n) is 6.69. The van der Waals surface area contributed by atoms with Crippen LogP contribution in [0.25, 0.3) is 10.2 Å². The lowest BCUT2D eigenvalue weighted by Crippen LogP contribution is -2.51. The number of fused-ring (bicyclic) bond motifs is 1. The maximum absolute atomic E-state index is 14.0. The Morgan fingerprint density at radius 3 is 2.45 bits per heavy atom. The first-order valence-electron chi connectivity index (χ1n) is 9.17. The van der Waals surface area contributed by atoms with Crippen molar-refractivity contribution in [2.75, 3.05) is 31.9 Å². The standard InChI is InChI=1S/C19H16F3N3O3S3/c20-12-5-6-15(18(22)17(12)21)31(27,28)25-9-7-24(8-10-25)16(26)11-29-19-23-13-3-1-2-4-14(13)30-19/h1-6H,7-11H2. The topological polar surface area (TPSA) is 70.6 Å². The number of benzene rings is 2. The Morgan fingerprint density at radius 2 is 1.74 bits per heavy atom. The summed E-state index contributed by atoms with van der Waals surface area (Å²) in [5, 5.41) is 0. The summed E-state index contributed by atoms with van der Waals surface area (Å²) in [6.45, 7) is 0.0875. The molecule has 0 N–H and O–H groups in total. The van der Waals surface area contributed by atoms with E-state index in [9.17, 15) is 26.4 Å². The Bertz CT molecular complexity index is 1210. The number of thioether (sulfide) groups is 1. The van der Waals surface area contributed by atoms with E-state index in [0.29, 0.717) is 12.1 Å². The molecule has 0 atom stereocenters. The largest absolute Gasteiger partial charge is 0.339 e. The van der Waals surface area contributed by atoms with Crippen molar-refractivity contribution in [3.8, 4) is 0 Å². The Kier molecular flexibility index (Phi) is 6.24. The highest BCUT2D eigenvalue weighted by Gasteiger charge is 2.33. The predicted molar refractivity (Wildman–Crippen MR) is 112 cm³/mol. The van der Waals surface area contributed by atoms with Crippen molar-refractivity contribution < 1.29 is 26.4 Å². The summed E-state index contributed by atoms with van der Waals surface area (Å²) in [4.78, 5) is 17.6. The minimum absolute atomic E-state index is 0.0711. The van der Waals surface area contributed by atoms with Crippen molar-refractivity contribution in [3.05, 3.63) is 53.8 Å². The second-order valence-corrected chi connectivity index (χ2v) is 10.9. The molecular formula is C19H16F3N3O3S3. The molecule has 12 heteroatoms. The van der Waals surface area contributed by atoms with Crippen LogP contribution < -0.4 is 0 Å². The number of para-hydroxylation sites is 1. The number of sulfonamides is 1. The molecule has 6 nitrogen and oxygen atoms in total. The molecule has 1 amide bonds. The van der Waals surface area contributed by atoms with Crippen LogP contribution >= 0.6 is 23.1 Å². The van der Waals surface area contributed by atoms with Gasteiger partial charge in [-0.25, -0.2) is 26.6 Å². The van der Waals surface area contributed by atoms with Crippen LogP contribution in [0.4, 0.5) is 13.2 Å². The molecule has 0 saturated carbocycles. The van der Waals surface area contributed by atoms with Crippen molar-refractivity contribution in [1.82, 2.24) is 14.2 Å². The third-order valence-electron chi connectivity index (χ3n) is 4.80. The molecule has 164 valence electrons. The Balaban J connectivity index is 1.36. The molecular weight excluding hydrogens is 471 g/mol. The smallest absolute Gasteiger partial charge is 0.246 e. The van der Waals surface area contributed by atoms with Gasteiger partial charge in [-0.15, -0.1) is 11.3 Å². The number of thiazole rings is 1. The van der Waals surface area contributed by atoms with E-state index in [4.69, 9.17) is 0 Å². The van der Waals surface area contributed by atoms with E-state index < -0.39 is 32.4 Å². The molecule has 0 bridgehead atoms. The molecule has 0 spiro atoms. The van der Waals surface area contributed by atoms with E-state index in [2.05, 4.69) is 4.98 Å². The number of aromatic nitrogens is 1. The van der Waals surface area contributed by atoms with Crippen molar-refractivity contribution in [2.45, 2.75) is 9.24 Å². The third-order valence-corrected chi connectivity index (χ3v) is 8.88. The van der Waals surface area contributed by atoms with Gasteiger partial charge >= 0.3 is 0 Å². The number of carbonyl (C=O) groups is 1. The summed E-state index contributed by atoms with van der Waals surface area (Å²) in [6, 6.07) is 8.93. The zero-order chi connectivity index (χ0) is 22.2. The van der Waals surface area contributed by atoms with Crippen LogP contribution in [0, 0.1) is 17.5 Å². The fraction of sp³-hybridized carbons (Fsp3) is 0.263. The first-order chi connectivity index (χ1) is 14.8. The predicted octanol–water partition coefficient (Wildman–Crippen LogP) is 3.34. The highest BCUT2D eigenvalue weighted by Crippen LogP contribution is 2.29. The highest BCUT2D eigenvalue weighted by molar-refractivity contribution is 8.01. The maximum Gasteiger partial charge on any atom is 0.246 e. The molecule has 1 aromatic heterocycles. The molecule has 2 heterocycles. The van der Waals surface area contributed by atoms with Crippen LogP contribution in [0.1, 0.15) is 0 Å². The Hall–Kier alpha value is -2.15. The van der Waals surface area contributed by atoms with Gasteiger partial charge in [0.1, 0.15) is 4.90 Å². The molecule has 1 fully saturated rings. The van der Waals surface area contributed by atoms with Crippen LogP contribution in [0.15, 0.2) is 45.6 Å². The summed E-state index contributed by atoms with van der Waals surface area (Å²) in [5.74, 6) is -5.05. The molecule has 1 aliphatic rings. The fourth-order valence-corrected chi connectivity index (χ4v) is 6.60. The second kappa shape index (κ2) is 8.77. The Labute approximate surface area is 184 Å². The summed E-state index contributed by atoms with van der Waals surface area (Å²) in [7, 11) is -4.35. The van der Waals surface area contributed by atoms with Crippen molar-refractivity contribution in [1.29, 1.82) is 0 Å². The number of amides is 1. The van der Waals surface area contributed by atoms with Crippen LogP contribution in [0.5, 0.6) is 0 Å². The van der Waals surface area contributed by atoms with E-state index in [-0.39, 0.29) is 37.8 Å².